The van der Waals surface area contributed by atoms with E-state index >= 15 is 0 Å². The van der Waals surface area contributed by atoms with Gasteiger partial charge in [-0.2, -0.15) is 0 Å². The highest BCUT2D eigenvalue weighted by Gasteiger charge is 2.21. The topological polar surface area (TPSA) is 110 Å². The molecule has 1 aromatic rings. The number of halogens is 1. The molecule has 2 atom stereocenters. The zero-order valence-electron chi connectivity index (χ0n) is 12.1. The van der Waals surface area contributed by atoms with E-state index in [1.165, 1.54) is 0 Å². The van der Waals surface area contributed by atoms with Crippen molar-refractivity contribution in [2.24, 2.45) is 11.7 Å². The molecule has 0 saturated carbocycles. The Bertz CT molecular complexity index is 491. The van der Waals surface area contributed by atoms with Crippen LogP contribution in [0.1, 0.15) is 18.4 Å². The van der Waals surface area contributed by atoms with Crippen molar-refractivity contribution in [3.8, 4) is 5.75 Å². The number of ether oxygens (including phenoxy) is 1. The first-order valence-corrected chi connectivity index (χ1v) is 6.93. The summed E-state index contributed by atoms with van der Waals surface area (Å²) in [6.07, 6.45) is 0.554. The number of carboxylic acids is 2. The summed E-state index contributed by atoms with van der Waals surface area (Å²) in [6.45, 7) is -0.600. The average Bonchev–Trinajstić information content (AvgIpc) is 2.49. The first kappa shape index (κ1) is 17.9. The van der Waals surface area contributed by atoms with Crippen molar-refractivity contribution >= 4 is 11.9 Å². The second-order valence-electron chi connectivity index (χ2n) is 4.94. The number of hydrogen-bond acceptors (Lipinski definition) is 4. The second-order valence-corrected chi connectivity index (χ2v) is 4.94. The Morgan fingerprint density at radius 2 is 1.77 bits per heavy atom. The van der Waals surface area contributed by atoms with Crippen LogP contribution in [0.5, 0.6) is 5.75 Å². The highest BCUT2D eigenvalue weighted by Crippen LogP contribution is 2.18. The zero-order valence-corrected chi connectivity index (χ0v) is 12.1. The van der Waals surface area contributed by atoms with Gasteiger partial charge in [-0.3, -0.25) is 9.59 Å². The molecule has 1 aromatic carbocycles. The monoisotopic (exact) mass is 313 g/mol. The Kier molecular flexibility index (Phi) is 7.31. The van der Waals surface area contributed by atoms with Gasteiger partial charge in [-0.1, -0.05) is 12.1 Å². The minimum atomic E-state index is -1.14. The van der Waals surface area contributed by atoms with Crippen molar-refractivity contribution in [2.75, 3.05) is 13.3 Å². The van der Waals surface area contributed by atoms with Crippen molar-refractivity contribution in [1.29, 1.82) is 0 Å². The van der Waals surface area contributed by atoms with Crippen LogP contribution >= 0.6 is 0 Å². The van der Waals surface area contributed by atoms with Crippen molar-refractivity contribution in [3.63, 3.8) is 0 Å². The van der Waals surface area contributed by atoms with E-state index in [2.05, 4.69) is 0 Å². The summed E-state index contributed by atoms with van der Waals surface area (Å²) in [5.74, 6) is -2.32. The van der Waals surface area contributed by atoms with Gasteiger partial charge in [0.15, 0.2) is 0 Å². The van der Waals surface area contributed by atoms with E-state index in [1.807, 2.05) is 0 Å². The number of alkyl halides is 1. The Morgan fingerprint density at radius 3 is 2.27 bits per heavy atom. The van der Waals surface area contributed by atoms with Gasteiger partial charge in [0.25, 0.3) is 0 Å². The van der Waals surface area contributed by atoms with Gasteiger partial charge in [0.1, 0.15) is 25.1 Å². The molecular formula is C15H20FNO5. The summed E-state index contributed by atoms with van der Waals surface area (Å²) in [4.78, 5) is 21.9. The van der Waals surface area contributed by atoms with Gasteiger partial charge >= 0.3 is 11.9 Å². The van der Waals surface area contributed by atoms with Crippen LogP contribution in [0.2, 0.25) is 0 Å². The largest absolute Gasteiger partial charge is 0.491 e. The third kappa shape index (κ3) is 6.09. The number of hydrogen-bond donors (Lipinski definition) is 3. The number of rotatable bonds is 10. The minimum Gasteiger partial charge on any atom is -0.491 e. The molecule has 0 aliphatic rings. The first-order valence-electron chi connectivity index (χ1n) is 6.93. The van der Waals surface area contributed by atoms with Gasteiger partial charge < -0.3 is 20.7 Å². The number of nitrogens with two attached hydrogens (primary N) is 1. The van der Waals surface area contributed by atoms with Crippen LogP contribution in [0.3, 0.4) is 0 Å². The van der Waals surface area contributed by atoms with Gasteiger partial charge in [0.2, 0.25) is 0 Å². The summed E-state index contributed by atoms with van der Waals surface area (Å²) < 4.78 is 17.1. The van der Waals surface area contributed by atoms with Crippen molar-refractivity contribution in [3.05, 3.63) is 29.8 Å². The van der Waals surface area contributed by atoms with Gasteiger partial charge in [-0.05, 0) is 37.0 Å². The van der Waals surface area contributed by atoms with Crippen LogP contribution in [0.4, 0.5) is 4.39 Å². The maximum atomic E-state index is 12.0. The molecule has 0 aromatic heterocycles. The second kappa shape index (κ2) is 8.99. The maximum Gasteiger partial charge on any atom is 0.320 e. The number of aliphatic carboxylic acids is 2. The molecule has 6 nitrogen and oxygen atoms in total. The van der Waals surface area contributed by atoms with E-state index in [-0.39, 0.29) is 25.9 Å². The molecule has 22 heavy (non-hydrogen) atoms. The van der Waals surface area contributed by atoms with E-state index in [0.29, 0.717) is 5.75 Å². The molecule has 0 spiro atoms. The van der Waals surface area contributed by atoms with E-state index < -0.39 is 30.6 Å². The predicted octanol–water partition coefficient (Wildman–Crippen LogP) is 1.47. The molecule has 0 amide bonds. The van der Waals surface area contributed by atoms with Gasteiger partial charge in [0.05, 0.1) is 5.92 Å². The normalized spacial score (nSPS) is 13.4. The van der Waals surface area contributed by atoms with Crippen molar-refractivity contribution < 1.29 is 28.9 Å². The van der Waals surface area contributed by atoms with Gasteiger partial charge in [-0.25, -0.2) is 4.39 Å². The van der Waals surface area contributed by atoms with Crippen molar-refractivity contribution in [2.45, 2.75) is 25.3 Å². The lowest BCUT2D eigenvalue weighted by Gasteiger charge is -2.14. The number of benzene rings is 1. The standard InChI is InChI=1S/C15H20FNO5/c16-7-8-22-12-4-1-10(2-5-12)9-11(14(18)19)3-6-13(17)15(20)21/h1-2,4-5,11,13H,3,6-9,17H2,(H,18,19)(H,20,21)/t11-,13-/m0/s1. The lowest BCUT2D eigenvalue weighted by molar-refractivity contribution is -0.143. The third-order valence-corrected chi connectivity index (χ3v) is 3.24. The van der Waals surface area contributed by atoms with Crippen LogP contribution in [-0.2, 0) is 16.0 Å². The average molecular weight is 313 g/mol. The molecule has 0 unspecified atom stereocenters. The molecule has 0 radical (unpaired) electrons. The maximum absolute atomic E-state index is 12.0. The summed E-state index contributed by atoms with van der Waals surface area (Å²) >= 11 is 0. The predicted molar refractivity (Wildman–Crippen MR) is 77.6 cm³/mol. The summed E-state index contributed by atoms with van der Waals surface area (Å²) in [7, 11) is 0. The Morgan fingerprint density at radius 1 is 1.14 bits per heavy atom. The molecule has 122 valence electrons. The highest BCUT2D eigenvalue weighted by atomic mass is 19.1. The lowest BCUT2D eigenvalue weighted by atomic mass is 9.93. The number of carboxylic acid groups (broad SMARTS) is 2. The van der Waals surface area contributed by atoms with E-state index in [1.54, 1.807) is 24.3 Å². The molecule has 4 N–H and O–H groups in total. The van der Waals surface area contributed by atoms with E-state index in [9.17, 15) is 19.1 Å². The first-order chi connectivity index (χ1) is 10.4. The smallest absolute Gasteiger partial charge is 0.320 e. The summed E-state index contributed by atoms with van der Waals surface area (Å²) in [6, 6.07) is 5.65. The van der Waals surface area contributed by atoms with Gasteiger partial charge in [-0.15, -0.1) is 0 Å². The molecule has 0 fully saturated rings. The zero-order chi connectivity index (χ0) is 16.5. The van der Waals surface area contributed by atoms with Crippen LogP contribution in [0.25, 0.3) is 0 Å². The quantitative estimate of drug-likeness (QED) is 0.603. The summed E-state index contributed by atoms with van der Waals surface area (Å²) in [5, 5.41) is 17.9. The summed E-state index contributed by atoms with van der Waals surface area (Å²) in [5.41, 5.74) is 6.17. The molecule has 0 aliphatic carbocycles. The molecule has 7 heteroatoms. The fourth-order valence-corrected chi connectivity index (χ4v) is 1.98. The molecule has 0 heterocycles. The molecule has 1 rings (SSSR count). The van der Waals surface area contributed by atoms with Crippen LogP contribution in [0.15, 0.2) is 24.3 Å². The Hall–Kier alpha value is -2.15. The minimum absolute atomic E-state index is 0.0236. The SMILES string of the molecule is N[C@@H](CC[C@@H](Cc1ccc(OCCF)cc1)C(=O)O)C(=O)O. The van der Waals surface area contributed by atoms with Crippen LogP contribution in [-0.4, -0.2) is 41.5 Å². The van der Waals surface area contributed by atoms with Crippen molar-refractivity contribution in [1.82, 2.24) is 0 Å². The van der Waals surface area contributed by atoms with E-state index in [4.69, 9.17) is 15.6 Å². The fraction of sp³-hybridized carbons (Fsp3) is 0.467. The molecular weight excluding hydrogens is 293 g/mol. The molecule has 0 aliphatic heterocycles. The molecule has 0 bridgehead atoms. The van der Waals surface area contributed by atoms with Crippen LogP contribution < -0.4 is 10.5 Å². The highest BCUT2D eigenvalue weighted by molar-refractivity contribution is 5.73. The lowest BCUT2D eigenvalue weighted by Crippen LogP contribution is -2.31. The van der Waals surface area contributed by atoms with Gasteiger partial charge in [0, 0.05) is 0 Å². The number of carbonyl (C=O) groups is 2. The fourth-order valence-electron chi connectivity index (χ4n) is 1.98. The Labute approximate surface area is 127 Å². The van der Waals surface area contributed by atoms with Crippen LogP contribution in [0, 0.1) is 5.92 Å². The third-order valence-electron chi connectivity index (χ3n) is 3.24. The van der Waals surface area contributed by atoms with E-state index in [0.717, 1.165) is 5.56 Å². The molecule has 0 saturated heterocycles. The Balaban J connectivity index is 2.59.